The van der Waals surface area contributed by atoms with Gasteiger partial charge in [-0.2, -0.15) is 11.8 Å². The fraction of sp³-hybridized carbons (Fsp3) is 1.00. The first-order valence-electron chi connectivity index (χ1n) is 2.90. The summed E-state index contributed by atoms with van der Waals surface area (Å²) < 4.78 is 0. The van der Waals surface area contributed by atoms with Crippen LogP contribution in [0.3, 0.4) is 0 Å². The van der Waals surface area contributed by atoms with Crippen LogP contribution in [0.15, 0.2) is 0 Å². The lowest BCUT2D eigenvalue weighted by atomic mass is 10.1. The van der Waals surface area contributed by atoms with Gasteiger partial charge >= 0.3 is 0 Å². The third kappa shape index (κ3) is 0.869. The summed E-state index contributed by atoms with van der Waals surface area (Å²) in [4.78, 5) is 2.31. The third-order valence-electron chi connectivity index (χ3n) is 1.91. The van der Waals surface area contributed by atoms with E-state index in [0.717, 1.165) is 0 Å². The molecule has 0 saturated carbocycles. The number of rotatable bonds is 1. The Balaban J connectivity index is 2.41. The number of nitrogens with zero attached hydrogens (tertiary/aromatic N) is 1. The van der Waals surface area contributed by atoms with E-state index in [1.165, 1.54) is 11.5 Å². The predicted octanol–water partition coefficient (Wildman–Crippen LogP) is 1.05. The van der Waals surface area contributed by atoms with Gasteiger partial charge in [-0.25, -0.2) is 0 Å². The molecule has 0 amide bonds. The van der Waals surface area contributed by atoms with Crippen LogP contribution in [0.25, 0.3) is 0 Å². The van der Waals surface area contributed by atoms with Gasteiger partial charge in [-0.15, -0.1) is 0 Å². The SMILES string of the molecule is CN(C)C1(C)CSC1. The fourth-order valence-electron chi connectivity index (χ4n) is 0.656. The molecule has 1 rings (SSSR count). The molecule has 0 aromatic rings. The standard InChI is InChI=1S/C6H13NS/c1-6(7(2)3)4-8-5-6/h4-5H2,1-3H3. The predicted molar refractivity (Wildman–Crippen MR) is 39.4 cm³/mol. The third-order valence-corrected chi connectivity index (χ3v) is 3.56. The first-order chi connectivity index (χ1) is 3.65. The van der Waals surface area contributed by atoms with E-state index in [1.807, 2.05) is 11.8 Å². The number of hydrogen-bond donors (Lipinski definition) is 0. The lowest BCUT2D eigenvalue weighted by Gasteiger charge is -2.43. The molecule has 0 bridgehead atoms. The van der Waals surface area contributed by atoms with E-state index in [9.17, 15) is 0 Å². The van der Waals surface area contributed by atoms with Crippen LogP contribution >= 0.6 is 11.8 Å². The molecule has 1 aliphatic heterocycles. The van der Waals surface area contributed by atoms with Crippen molar-refractivity contribution in [3.8, 4) is 0 Å². The van der Waals surface area contributed by atoms with Crippen molar-refractivity contribution < 1.29 is 0 Å². The second kappa shape index (κ2) is 1.92. The van der Waals surface area contributed by atoms with E-state index >= 15 is 0 Å². The van der Waals surface area contributed by atoms with E-state index in [1.54, 1.807) is 0 Å². The van der Waals surface area contributed by atoms with Crippen molar-refractivity contribution in [2.24, 2.45) is 0 Å². The first-order valence-corrected chi connectivity index (χ1v) is 4.06. The molecule has 0 atom stereocenters. The van der Waals surface area contributed by atoms with Crippen molar-refractivity contribution in [1.82, 2.24) is 4.90 Å². The maximum atomic E-state index is 2.31. The zero-order valence-electron chi connectivity index (χ0n) is 5.77. The monoisotopic (exact) mass is 131 g/mol. The lowest BCUT2D eigenvalue weighted by molar-refractivity contribution is 0.216. The quantitative estimate of drug-likeness (QED) is 0.523. The van der Waals surface area contributed by atoms with Crippen LogP contribution < -0.4 is 0 Å². The largest absolute Gasteiger partial charge is 0.302 e. The highest BCUT2D eigenvalue weighted by Gasteiger charge is 2.34. The van der Waals surface area contributed by atoms with Gasteiger partial charge in [0.15, 0.2) is 0 Å². The van der Waals surface area contributed by atoms with Crippen LogP contribution in [-0.4, -0.2) is 36.0 Å². The summed E-state index contributed by atoms with van der Waals surface area (Å²) in [5, 5.41) is 0. The van der Waals surface area contributed by atoms with Crippen LogP contribution in [0.2, 0.25) is 0 Å². The number of hydrogen-bond acceptors (Lipinski definition) is 2. The topological polar surface area (TPSA) is 3.24 Å². The van der Waals surface area contributed by atoms with E-state index in [2.05, 4.69) is 25.9 Å². The van der Waals surface area contributed by atoms with Crippen LogP contribution in [0.1, 0.15) is 6.92 Å². The van der Waals surface area contributed by atoms with Gasteiger partial charge in [0.05, 0.1) is 0 Å². The normalized spacial score (nSPS) is 25.5. The minimum Gasteiger partial charge on any atom is -0.302 e. The molecule has 1 fully saturated rings. The molecule has 1 nitrogen and oxygen atoms in total. The fourth-order valence-corrected chi connectivity index (χ4v) is 1.97. The van der Waals surface area contributed by atoms with Gasteiger partial charge in [0.25, 0.3) is 0 Å². The molecule has 0 spiro atoms. The van der Waals surface area contributed by atoms with Gasteiger partial charge in [-0.3, -0.25) is 0 Å². The van der Waals surface area contributed by atoms with Crippen LogP contribution in [0.4, 0.5) is 0 Å². The van der Waals surface area contributed by atoms with Crippen molar-refractivity contribution in [3.63, 3.8) is 0 Å². The Bertz CT molecular complexity index is 86.5. The van der Waals surface area contributed by atoms with Crippen LogP contribution in [-0.2, 0) is 0 Å². The van der Waals surface area contributed by atoms with Crippen molar-refractivity contribution >= 4 is 11.8 Å². The second-order valence-corrected chi connectivity index (χ2v) is 3.87. The maximum absolute atomic E-state index is 2.31. The van der Waals surface area contributed by atoms with Crippen molar-refractivity contribution in [2.75, 3.05) is 25.6 Å². The summed E-state index contributed by atoms with van der Waals surface area (Å²) in [7, 11) is 4.30. The molecule has 0 aliphatic carbocycles. The lowest BCUT2D eigenvalue weighted by Crippen LogP contribution is -2.52. The highest BCUT2D eigenvalue weighted by atomic mass is 32.2. The molecular formula is C6H13NS. The molecule has 8 heavy (non-hydrogen) atoms. The molecule has 0 N–H and O–H groups in total. The Labute approximate surface area is 55.4 Å². The molecule has 0 radical (unpaired) electrons. The zero-order valence-corrected chi connectivity index (χ0v) is 6.59. The Hall–Kier alpha value is 0.310. The van der Waals surface area contributed by atoms with E-state index in [-0.39, 0.29) is 0 Å². The molecule has 1 saturated heterocycles. The smallest absolute Gasteiger partial charge is 0.0355 e. The zero-order chi connectivity index (χ0) is 6.20. The van der Waals surface area contributed by atoms with E-state index in [4.69, 9.17) is 0 Å². The van der Waals surface area contributed by atoms with Crippen molar-refractivity contribution in [1.29, 1.82) is 0 Å². The second-order valence-electron chi connectivity index (χ2n) is 2.88. The van der Waals surface area contributed by atoms with Crippen molar-refractivity contribution in [2.45, 2.75) is 12.5 Å². The van der Waals surface area contributed by atoms with Gasteiger partial charge in [-0.05, 0) is 21.0 Å². The average Bonchev–Trinajstić information content (AvgIpc) is 1.60. The molecule has 0 aromatic carbocycles. The van der Waals surface area contributed by atoms with Gasteiger partial charge in [0, 0.05) is 17.0 Å². The molecule has 0 unspecified atom stereocenters. The summed E-state index contributed by atoms with van der Waals surface area (Å²) in [6.45, 7) is 2.31. The van der Waals surface area contributed by atoms with Crippen LogP contribution in [0.5, 0.6) is 0 Å². The van der Waals surface area contributed by atoms with Gasteiger partial charge in [-0.1, -0.05) is 0 Å². The summed E-state index contributed by atoms with van der Waals surface area (Å²) >= 11 is 2.03. The van der Waals surface area contributed by atoms with Crippen molar-refractivity contribution in [3.05, 3.63) is 0 Å². The minimum atomic E-state index is 0.519. The highest BCUT2D eigenvalue weighted by molar-refractivity contribution is 8.00. The molecule has 1 aliphatic rings. The highest BCUT2D eigenvalue weighted by Crippen LogP contribution is 2.32. The molecule has 1 heterocycles. The number of thioether (sulfide) groups is 1. The average molecular weight is 131 g/mol. The minimum absolute atomic E-state index is 0.519. The molecule has 2 heteroatoms. The van der Waals surface area contributed by atoms with E-state index < -0.39 is 0 Å². The Morgan fingerprint density at radius 1 is 1.38 bits per heavy atom. The summed E-state index contributed by atoms with van der Waals surface area (Å²) in [5.41, 5.74) is 0.519. The van der Waals surface area contributed by atoms with Gasteiger partial charge < -0.3 is 4.90 Å². The molecule has 0 aromatic heterocycles. The summed E-state index contributed by atoms with van der Waals surface area (Å²) in [6.07, 6.45) is 0. The van der Waals surface area contributed by atoms with Gasteiger partial charge in [0.2, 0.25) is 0 Å². The Kier molecular flexibility index (Phi) is 1.54. The summed E-state index contributed by atoms with van der Waals surface area (Å²) in [6, 6.07) is 0. The molecule has 48 valence electrons. The Morgan fingerprint density at radius 2 is 1.88 bits per heavy atom. The van der Waals surface area contributed by atoms with Gasteiger partial charge in [0.1, 0.15) is 0 Å². The van der Waals surface area contributed by atoms with E-state index in [0.29, 0.717) is 5.54 Å². The first kappa shape index (κ1) is 6.43. The summed E-state index contributed by atoms with van der Waals surface area (Å²) in [5.74, 6) is 2.61. The van der Waals surface area contributed by atoms with Crippen LogP contribution in [0, 0.1) is 0 Å². The maximum Gasteiger partial charge on any atom is 0.0355 e. The Morgan fingerprint density at radius 3 is 1.88 bits per heavy atom. The molecular weight excluding hydrogens is 118 g/mol.